The van der Waals surface area contributed by atoms with Crippen LogP contribution in [0.4, 0.5) is 5.82 Å². The number of nitrogens with zero attached hydrogens (tertiary/aromatic N) is 1. The summed E-state index contributed by atoms with van der Waals surface area (Å²) in [5.41, 5.74) is 1.25. The van der Waals surface area contributed by atoms with Gasteiger partial charge in [0, 0.05) is 31.1 Å². The molecule has 0 aromatic carbocycles. The SMILES string of the molecule is CNc1cc(C(=O)NCCCS(C)(=O)=O)cc(C)n1. The molecule has 6 nitrogen and oxygen atoms in total. The molecule has 0 aliphatic carbocycles. The average Bonchev–Trinajstić information content (AvgIpc) is 2.32. The van der Waals surface area contributed by atoms with Crippen molar-refractivity contribution in [2.75, 3.05) is 30.9 Å². The van der Waals surface area contributed by atoms with Gasteiger partial charge in [-0.05, 0) is 25.5 Å². The molecule has 7 heteroatoms. The first-order valence-corrected chi connectivity index (χ1v) is 8.00. The van der Waals surface area contributed by atoms with Crippen LogP contribution in [-0.2, 0) is 9.84 Å². The highest BCUT2D eigenvalue weighted by molar-refractivity contribution is 7.90. The van der Waals surface area contributed by atoms with Crippen LogP contribution in [-0.4, -0.2) is 44.9 Å². The fourth-order valence-electron chi connectivity index (χ4n) is 1.57. The lowest BCUT2D eigenvalue weighted by Crippen LogP contribution is -2.26. The molecule has 0 aliphatic heterocycles. The Balaban J connectivity index is 2.56. The highest BCUT2D eigenvalue weighted by atomic mass is 32.2. The number of carbonyl (C=O) groups excluding carboxylic acids is 1. The van der Waals surface area contributed by atoms with Crippen molar-refractivity contribution in [2.24, 2.45) is 0 Å². The van der Waals surface area contributed by atoms with Gasteiger partial charge in [-0.2, -0.15) is 0 Å². The largest absolute Gasteiger partial charge is 0.373 e. The number of hydrogen-bond acceptors (Lipinski definition) is 5. The molecule has 1 heterocycles. The second-order valence-electron chi connectivity index (χ2n) is 4.37. The average molecular weight is 285 g/mol. The van der Waals surface area contributed by atoms with Gasteiger partial charge in [-0.1, -0.05) is 0 Å². The van der Waals surface area contributed by atoms with Crippen LogP contribution in [0.25, 0.3) is 0 Å². The Kier molecular flexibility index (Phi) is 5.29. The number of carbonyl (C=O) groups is 1. The van der Waals surface area contributed by atoms with Crippen LogP contribution in [0.15, 0.2) is 12.1 Å². The van der Waals surface area contributed by atoms with Crippen LogP contribution in [0.1, 0.15) is 22.5 Å². The van der Waals surface area contributed by atoms with Gasteiger partial charge in [0.15, 0.2) is 0 Å². The van der Waals surface area contributed by atoms with Crippen LogP contribution >= 0.6 is 0 Å². The van der Waals surface area contributed by atoms with E-state index in [0.29, 0.717) is 24.3 Å². The van der Waals surface area contributed by atoms with Gasteiger partial charge in [-0.3, -0.25) is 4.79 Å². The maximum Gasteiger partial charge on any atom is 0.251 e. The smallest absolute Gasteiger partial charge is 0.251 e. The normalized spacial score (nSPS) is 11.1. The molecule has 0 atom stereocenters. The number of pyridine rings is 1. The minimum Gasteiger partial charge on any atom is -0.373 e. The summed E-state index contributed by atoms with van der Waals surface area (Å²) >= 11 is 0. The Morgan fingerprint density at radius 1 is 1.37 bits per heavy atom. The number of amides is 1. The Bertz CT molecular complexity index is 555. The highest BCUT2D eigenvalue weighted by Gasteiger charge is 2.08. The summed E-state index contributed by atoms with van der Waals surface area (Å²) in [6.45, 7) is 2.14. The van der Waals surface area contributed by atoms with E-state index >= 15 is 0 Å². The Hall–Kier alpha value is -1.63. The van der Waals surface area contributed by atoms with Crippen LogP contribution in [0.5, 0.6) is 0 Å². The number of rotatable bonds is 6. The van der Waals surface area contributed by atoms with Crippen molar-refractivity contribution in [3.8, 4) is 0 Å². The zero-order chi connectivity index (χ0) is 14.5. The van der Waals surface area contributed by atoms with E-state index in [1.165, 1.54) is 6.26 Å². The van der Waals surface area contributed by atoms with Crippen molar-refractivity contribution in [3.63, 3.8) is 0 Å². The third-order valence-corrected chi connectivity index (χ3v) is 3.48. The van der Waals surface area contributed by atoms with Gasteiger partial charge in [0.05, 0.1) is 5.75 Å². The lowest BCUT2D eigenvalue weighted by atomic mass is 10.2. The zero-order valence-corrected chi connectivity index (χ0v) is 12.2. The first-order chi connectivity index (χ1) is 8.81. The number of aromatic nitrogens is 1. The molecular weight excluding hydrogens is 266 g/mol. The van der Waals surface area contributed by atoms with E-state index in [0.717, 1.165) is 5.69 Å². The molecule has 0 spiro atoms. The molecule has 0 aliphatic rings. The highest BCUT2D eigenvalue weighted by Crippen LogP contribution is 2.09. The molecule has 0 saturated heterocycles. The fourth-order valence-corrected chi connectivity index (χ4v) is 2.23. The Labute approximate surface area is 113 Å². The van der Waals surface area contributed by atoms with E-state index in [4.69, 9.17) is 0 Å². The standard InChI is InChI=1S/C12H19N3O3S/c1-9-7-10(8-11(13-2)15-9)12(16)14-5-4-6-19(3,17)18/h7-8H,4-6H2,1-3H3,(H,13,15)(H,14,16). The molecule has 1 aromatic heterocycles. The minimum atomic E-state index is -2.98. The van der Waals surface area contributed by atoms with Crippen molar-refractivity contribution >= 4 is 21.6 Å². The minimum absolute atomic E-state index is 0.0738. The molecule has 0 bridgehead atoms. The van der Waals surface area contributed by atoms with E-state index in [2.05, 4.69) is 15.6 Å². The van der Waals surface area contributed by atoms with Gasteiger partial charge in [0.2, 0.25) is 0 Å². The topological polar surface area (TPSA) is 88.2 Å². The van der Waals surface area contributed by atoms with Gasteiger partial charge in [-0.15, -0.1) is 0 Å². The summed E-state index contributed by atoms with van der Waals surface area (Å²) in [7, 11) is -1.24. The van der Waals surface area contributed by atoms with Gasteiger partial charge in [0.25, 0.3) is 5.91 Å². The molecule has 1 aromatic rings. The number of hydrogen-bond donors (Lipinski definition) is 2. The van der Waals surface area contributed by atoms with Crippen molar-refractivity contribution < 1.29 is 13.2 Å². The van der Waals surface area contributed by atoms with Crippen molar-refractivity contribution in [1.82, 2.24) is 10.3 Å². The molecular formula is C12H19N3O3S. The Morgan fingerprint density at radius 2 is 2.05 bits per heavy atom. The second-order valence-corrected chi connectivity index (χ2v) is 6.63. The fraction of sp³-hybridized carbons (Fsp3) is 0.500. The maximum absolute atomic E-state index is 11.9. The van der Waals surface area contributed by atoms with Gasteiger partial charge < -0.3 is 10.6 Å². The number of nitrogens with one attached hydrogen (secondary N) is 2. The number of anilines is 1. The second kappa shape index (κ2) is 6.51. The summed E-state index contributed by atoms with van der Waals surface area (Å²) < 4.78 is 21.9. The number of aryl methyl sites for hydroxylation is 1. The van der Waals surface area contributed by atoms with Crippen molar-refractivity contribution in [2.45, 2.75) is 13.3 Å². The predicted molar refractivity (Wildman–Crippen MR) is 75.2 cm³/mol. The monoisotopic (exact) mass is 285 g/mol. The molecule has 0 radical (unpaired) electrons. The molecule has 106 valence electrons. The van der Waals surface area contributed by atoms with E-state index < -0.39 is 9.84 Å². The summed E-state index contributed by atoms with van der Waals surface area (Å²) in [4.78, 5) is 16.1. The van der Waals surface area contributed by atoms with Crippen LogP contribution in [0.3, 0.4) is 0 Å². The lowest BCUT2D eigenvalue weighted by Gasteiger charge is -2.07. The maximum atomic E-state index is 11.9. The van der Waals surface area contributed by atoms with Gasteiger partial charge >= 0.3 is 0 Å². The zero-order valence-electron chi connectivity index (χ0n) is 11.4. The van der Waals surface area contributed by atoms with Crippen LogP contribution < -0.4 is 10.6 Å². The van der Waals surface area contributed by atoms with Crippen molar-refractivity contribution in [3.05, 3.63) is 23.4 Å². The molecule has 2 N–H and O–H groups in total. The van der Waals surface area contributed by atoms with E-state index in [1.54, 1.807) is 26.1 Å². The van der Waals surface area contributed by atoms with Crippen LogP contribution in [0, 0.1) is 6.92 Å². The quantitative estimate of drug-likeness (QED) is 0.747. The van der Waals surface area contributed by atoms with E-state index in [9.17, 15) is 13.2 Å². The molecule has 1 amide bonds. The van der Waals surface area contributed by atoms with E-state index in [-0.39, 0.29) is 11.7 Å². The van der Waals surface area contributed by atoms with E-state index in [1.807, 2.05) is 0 Å². The summed E-state index contributed by atoms with van der Waals surface area (Å²) in [6.07, 6.45) is 1.59. The summed E-state index contributed by atoms with van der Waals surface area (Å²) in [5, 5.41) is 5.57. The first kappa shape index (κ1) is 15.4. The molecule has 0 saturated carbocycles. The molecule has 19 heavy (non-hydrogen) atoms. The third kappa shape index (κ3) is 5.69. The van der Waals surface area contributed by atoms with Gasteiger partial charge in [-0.25, -0.2) is 13.4 Å². The third-order valence-electron chi connectivity index (χ3n) is 2.45. The molecule has 1 rings (SSSR count). The summed E-state index contributed by atoms with van der Waals surface area (Å²) in [5.74, 6) is 0.474. The summed E-state index contributed by atoms with van der Waals surface area (Å²) in [6, 6.07) is 3.34. The predicted octanol–water partition coefficient (Wildman–Crippen LogP) is 0.596. The molecule has 0 unspecified atom stereocenters. The molecule has 0 fully saturated rings. The lowest BCUT2D eigenvalue weighted by molar-refractivity contribution is 0.0953. The van der Waals surface area contributed by atoms with Gasteiger partial charge in [0.1, 0.15) is 15.7 Å². The Morgan fingerprint density at radius 3 is 2.63 bits per heavy atom. The first-order valence-electron chi connectivity index (χ1n) is 5.94. The van der Waals surface area contributed by atoms with Crippen molar-refractivity contribution in [1.29, 1.82) is 0 Å². The number of sulfone groups is 1. The van der Waals surface area contributed by atoms with Crippen LogP contribution in [0.2, 0.25) is 0 Å².